The normalized spacial score (nSPS) is 21.0. The Balaban J connectivity index is 2.21. The van der Waals surface area contributed by atoms with Gasteiger partial charge in [-0.15, -0.1) is 11.6 Å². The van der Waals surface area contributed by atoms with Gasteiger partial charge in [0, 0.05) is 35.7 Å². The zero-order valence-electron chi connectivity index (χ0n) is 11.0. The third kappa shape index (κ3) is 3.19. The van der Waals surface area contributed by atoms with Crippen molar-refractivity contribution in [3.63, 3.8) is 0 Å². The molecule has 0 bridgehead atoms. The number of rotatable bonds is 3. The fraction of sp³-hybridized carbons (Fsp3) is 0.571. The molecule has 1 fully saturated rings. The van der Waals surface area contributed by atoms with Crippen molar-refractivity contribution in [2.75, 3.05) is 32.1 Å². The molecule has 0 spiro atoms. The van der Waals surface area contributed by atoms with E-state index in [0.717, 1.165) is 11.0 Å². The summed E-state index contributed by atoms with van der Waals surface area (Å²) in [7, 11) is 4.38. The van der Waals surface area contributed by atoms with E-state index in [4.69, 9.17) is 11.6 Å². The van der Waals surface area contributed by atoms with E-state index in [1.807, 2.05) is 0 Å². The molecule has 0 radical (unpaired) electrons. The topological polar surface area (TPSA) is 6.48 Å². The molecular formula is C14H20BrClN2. The van der Waals surface area contributed by atoms with Crippen LogP contribution in [0.2, 0.25) is 0 Å². The van der Waals surface area contributed by atoms with Crippen LogP contribution in [0.5, 0.6) is 0 Å². The standard InChI is InChI=1S/C14H20BrClN2/c1-17-7-3-4-13(10-17)18(2)14-8-12(15)6-5-11(14)9-16/h5-6,8,13H,3-4,7,9-10H2,1-2H3. The van der Waals surface area contributed by atoms with Crippen molar-refractivity contribution in [2.45, 2.75) is 24.8 Å². The number of alkyl halides is 1. The summed E-state index contributed by atoms with van der Waals surface area (Å²) in [6.45, 7) is 2.34. The van der Waals surface area contributed by atoms with Gasteiger partial charge < -0.3 is 9.80 Å². The van der Waals surface area contributed by atoms with Crippen molar-refractivity contribution in [3.8, 4) is 0 Å². The average molecular weight is 332 g/mol. The highest BCUT2D eigenvalue weighted by molar-refractivity contribution is 9.10. The van der Waals surface area contributed by atoms with Crippen LogP contribution < -0.4 is 4.90 Å². The molecule has 0 N–H and O–H groups in total. The summed E-state index contributed by atoms with van der Waals surface area (Å²) in [4.78, 5) is 4.79. The first-order valence-electron chi connectivity index (χ1n) is 6.37. The van der Waals surface area contributed by atoms with Crippen LogP contribution in [0.1, 0.15) is 18.4 Å². The predicted molar refractivity (Wildman–Crippen MR) is 82.6 cm³/mol. The van der Waals surface area contributed by atoms with Crippen molar-refractivity contribution in [3.05, 3.63) is 28.2 Å². The quantitative estimate of drug-likeness (QED) is 0.779. The lowest BCUT2D eigenvalue weighted by Crippen LogP contribution is -2.45. The lowest BCUT2D eigenvalue weighted by atomic mass is 10.0. The Morgan fingerprint density at radius 3 is 2.94 bits per heavy atom. The summed E-state index contributed by atoms with van der Waals surface area (Å²) in [6.07, 6.45) is 2.53. The molecule has 4 heteroatoms. The first-order chi connectivity index (χ1) is 8.61. The first-order valence-corrected chi connectivity index (χ1v) is 7.70. The van der Waals surface area contributed by atoms with E-state index in [-0.39, 0.29) is 0 Å². The van der Waals surface area contributed by atoms with Crippen molar-refractivity contribution in [1.82, 2.24) is 4.90 Å². The van der Waals surface area contributed by atoms with Crippen LogP contribution in [0.25, 0.3) is 0 Å². The minimum Gasteiger partial charge on any atom is -0.370 e. The lowest BCUT2D eigenvalue weighted by molar-refractivity contribution is 0.248. The van der Waals surface area contributed by atoms with E-state index in [2.05, 4.69) is 58.0 Å². The largest absolute Gasteiger partial charge is 0.370 e. The summed E-state index contributed by atoms with van der Waals surface area (Å²) < 4.78 is 1.11. The molecule has 18 heavy (non-hydrogen) atoms. The van der Waals surface area contributed by atoms with E-state index >= 15 is 0 Å². The van der Waals surface area contributed by atoms with Crippen LogP contribution >= 0.6 is 27.5 Å². The monoisotopic (exact) mass is 330 g/mol. The number of hydrogen-bond acceptors (Lipinski definition) is 2. The molecule has 1 unspecified atom stereocenters. The number of halogens is 2. The van der Waals surface area contributed by atoms with Gasteiger partial charge in [0.2, 0.25) is 0 Å². The smallest absolute Gasteiger partial charge is 0.0494 e. The Morgan fingerprint density at radius 2 is 2.28 bits per heavy atom. The van der Waals surface area contributed by atoms with Crippen LogP contribution in [0, 0.1) is 0 Å². The number of benzene rings is 1. The highest BCUT2D eigenvalue weighted by atomic mass is 79.9. The Bertz CT molecular complexity index is 411. The summed E-state index contributed by atoms with van der Waals surface area (Å²) >= 11 is 9.59. The summed E-state index contributed by atoms with van der Waals surface area (Å²) in [5.41, 5.74) is 2.45. The van der Waals surface area contributed by atoms with Gasteiger partial charge in [0.15, 0.2) is 0 Å². The van der Waals surface area contributed by atoms with Gasteiger partial charge in [0.05, 0.1) is 0 Å². The summed E-state index contributed by atoms with van der Waals surface area (Å²) in [5, 5.41) is 0. The fourth-order valence-corrected chi connectivity index (χ4v) is 3.21. The molecule has 1 aliphatic heterocycles. The van der Waals surface area contributed by atoms with Crippen molar-refractivity contribution in [1.29, 1.82) is 0 Å². The van der Waals surface area contributed by atoms with Crippen molar-refractivity contribution >= 4 is 33.2 Å². The molecule has 1 aliphatic rings. The molecule has 1 saturated heterocycles. The second-order valence-electron chi connectivity index (χ2n) is 5.08. The minimum atomic E-state index is 0.565. The second kappa shape index (κ2) is 6.27. The number of likely N-dealkylation sites (tertiary alicyclic amines) is 1. The highest BCUT2D eigenvalue weighted by Crippen LogP contribution is 2.29. The molecule has 0 aromatic heterocycles. The number of piperidine rings is 1. The Kier molecular flexibility index (Phi) is 4.93. The molecule has 0 amide bonds. The molecule has 1 aromatic carbocycles. The van der Waals surface area contributed by atoms with Gasteiger partial charge in [0.1, 0.15) is 0 Å². The molecule has 100 valence electrons. The zero-order chi connectivity index (χ0) is 13.1. The Labute approximate surface area is 123 Å². The molecular weight excluding hydrogens is 312 g/mol. The molecule has 0 saturated carbocycles. The Morgan fingerprint density at radius 1 is 1.50 bits per heavy atom. The van der Waals surface area contributed by atoms with Gasteiger partial charge in [-0.1, -0.05) is 22.0 Å². The van der Waals surface area contributed by atoms with E-state index in [1.165, 1.54) is 30.6 Å². The van der Waals surface area contributed by atoms with Gasteiger partial charge in [-0.25, -0.2) is 0 Å². The third-order valence-electron chi connectivity index (χ3n) is 3.72. The van der Waals surface area contributed by atoms with Gasteiger partial charge in [-0.3, -0.25) is 0 Å². The lowest BCUT2D eigenvalue weighted by Gasteiger charge is -2.38. The van der Waals surface area contributed by atoms with E-state index < -0.39 is 0 Å². The van der Waals surface area contributed by atoms with E-state index in [0.29, 0.717) is 11.9 Å². The third-order valence-corrected chi connectivity index (χ3v) is 4.50. The van der Waals surface area contributed by atoms with Gasteiger partial charge in [0.25, 0.3) is 0 Å². The molecule has 1 atom stereocenters. The fourth-order valence-electron chi connectivity index (χ4n) is 2.63. The van der Waals surface area contributed by atoms with Crippen LogP contribution in [0.3, 0.4) is 0 Å². The van der Waals surface area contributed by atoms with Gasteiger partial charge in [-0.2, -0.15) is 0 Å². The Hall–Kier alpha value is -0.250. The zero-order valence-corrected chi connectivity index (χ0v) is 13.3. The number of hydrogen-bond donors (Lipinski definition) is 0. The maximum atomic E-state index is 6.04. The van der Waals surface area contributed by atoms with Crippen LogP contribution in [0.15, 0.2) is 22.7 Å². The molecule has 0 aliphatic carbocycles. The van der Waals surface area contributed by atoms with Crippen molar-refractivity contribution in [2.24, 2.45) is 0 Å². The molecule has 2 nitrogen and oxygen atoms in total. The SMILES string of the molecule is CN1CCCC(N(C)c2cc(Br)ccc2CCl)C1. The number of nitrogens with zero attached hydrogens (tertiary/aromatic N) is 2. The molecule has 1 aromatic rings. The summed E-state index contributed by atoms with van der Waals surface area (Å²) in [5.74, 6) is 0.565. The number of anilines is 1. The average Bonchev–Trinajstić information content (AvgIpc) is 2.38. The minimum absolute atomic E-state index is 0.565. The molecule has 2 rings (SSSR count). The van der Waals surface area contributed by atoms with Gasteiger partial charge in [-0.05, 0) is 44.1 Å². The highest BCUT2D eigenvalue weighted by Gasteiger charge is 2.22. The molecule has 1 heterocycles. The second-order valence-corrected chi connectivity index (χ2v) is 6.26. The van der Waals surface area contributed by atoms with Crippen molar-refractivity contribution < 1.29 is 0 Å². The maximum Gasteiger partial charge on any atom is 0.0494 e. The van der Waals surface area contributed by atoms with E-state index in [9.17, 15) is 0 Å². The van der Waals surface area contributed by atoms with Crippen LogP contribution in [-0.2, 0) is 5.88 Å². The first kappa shape index (κ1) is 14.2. The van der Waals surface area contributed by atoms with Crippen LogP contribution in [0.4, 0.5) is 5.69 Å². The maximum absolute atomic E-state index is 6.04. The van der Waals surface area contributed by atoms with Crippen LogP contribution in [-0.4, -0.2) is 38.1 Å². The predicted octanol–water partition coefficient (Wildman–Crippen LogP) is 3.72. The number of likely N-dealkylation sites (N-methyl/N-ethyl adjacent to an activating group) is 2. The summed E-state index contributed by atoms with van der Waals surface area (Å²) in [6, 6.07) is 6.92. The van der Waals surface area contributed by atoms with E-state index in [1.54, 1.807) is 0 Å². The van der Waals surface area contributed by atoms with Gasteiger partial charge >= 0.3 is 0 Å².